The van der Waals surface area contributed by atoms with Crippen molar-refractivity contribution in [2.24, 2.45) is 0 Å². The predicted molar refractivity (Wildman–Crippen MR) is 79.3 cm³/mol. The number of methoxy groups -OCH3 is 1. The highest BCUT2D eigenvalue weighted by atomic mass is 35.5. The number of hydrogen-bond donors (Lipinski definition) is 1. The van der Waals surface area contributed by atoms with Crippen molar-refractivity contribution in [3.05, 3.63) is 64.4 Å². The van der Waals surface area contributed by atoms with Crippen molar-refractivity contribution in [2.75, 3.05) is 20.3 Å². The third-order valence-electron chi connectivity index (χ3n) is 3.02. The van der Waals surface area contributed by atoms with E-state index in [0.29, 0.717) is 30.1 Å². The van der Waals surface area contributed by atoms with Crippen molar-refractivity contribution in [2.45, 2.75) is 6.10 Å². The molecule has 2 rings (SSSR count). The van der Waals surface area contributed by atoms with Gasteiger partial charge in [-0.15, -0.1) is 0 Å². The molecule has 21 heavy (non-hydrogen) atoms. The quantitative estimate of drug-likeness (QED) is 0.829. The second-order valence-corrected chi connectivity index (χ2v) is 4.86. The van der Waals surface area contributed by atoms with Gasteiger partial charge < -0.3 is 14.6 Å². The Morgan fingerprint density at radius 2 is 1.95 bits per heavy atom. The summed E-state index contributed by atoms with van der Waals surface area (Å²) in [6.45, 7) is 0.831. The van der Waals surface area contributed by atoms with E-state index in [1.54, 1.807) is 25.3 Å². The lowest BCUT2D eigenvalue weighted by atomic mass is 10.0. The fourth-order valence-electron chi connectivity index (χ4n) is 1.93. The highest BCUT2D eigenvalue weighted by molar-refractivity contribution is 6.30. The molecule has 0 aliphatic heterocycles. The second kappa shape index (κ2) is 7.41. The standard InChI is InChI=1S/C16H16ClFO3/c1-20-8-9-21-15-5-3-2-4-12(15)16(19)11-6-7-14(18)13(17)10-11/h2-7,10,16,19H,8-9H2,1H3. The molecule has 0 aliphatic rings. The fraction of sp³-hybridized carbons (Fsp3) is 0.250. The third-order valence-corrected chi connectivity index (χ3v) is 3.31. The highest BCUT2D eigenvalue weighted by Gasteiger charge is 2.16. The van der Waals surface area contributed by atoms with Gasteiger partial charge in [0.1, 0.15) is 24.3 Å². The number of ether oxygens (including phenoxy) is 2. The number of halogens is 2. The molecule has 0 amide bonds. The van der Waals surface area contributed by atoms with Gasteiger partial charge in [-0.05, 0) is 23.8 Å². The molecule has 5 heteroatoms. The average Bonchev–Trinajstić information content (AvgIpc) is 2.50. The minimum Gasteiger partial charge on any atom is -0.491 e. The zero-order chi connectivity index (χ0) is 15.2. The molecule has 1 unspecified atom stereocenters. The van der Waals surface area contributed by atoms with Crippen LogP contribution < -0.4 is 4.74 Å². The molecule has 1 atom stereocenters. The average molecular weight is 311 g/mol. The topological polar surface area (TPSA) is 38.7 Å². The van der Waals surface area contributed by atoms with Gasteiger partial charge in [0.05, 0.1) is 11.6 Å². The SMILES string of the molecule is COCCOc1ccccc1C(O)c1ccc(F)c(Cl)c1. The molecule has 2 aromatic carbocycles. The number of aliphatic hydroxyl groups excluding tert-OH is 1. The minimum atomic E-state index is -0.943. The van der Waals surface area contributed by atoms with Crippen LogP contribution in [0, 0.1) is 5.82 Å². The van der Waals surface area contributed by atoms with E-state index in [2.05, 4.69) is 0 Å². The summed E-state index contributed by atoms with van der Waals surface area (Å²) >= 11 is 5.75. The lowest BCUT2D eigenvalue weighted by Crippen LogP contribution is -2.08. The van der Waals surface area contributed by atoms with Crippen molar-refractivity contribution in [1.29, 1.82) is 0 Å². The van der Waals surface area contributed by atoms with Crippen LogP contribution >= 0.6 is 11.6 Å². The molecule has 0 saturated heterocycles. The second-order valence-electron chi connectivity index (χ2n) is 4.46. The van der Waals surface area contributed by atoms with Gasteiger partial charge in [-0.25, -0.2) is 4.39 Å². The third kappa shape index (κ3) is 3.94. The van der Waals surface area contributed by atoms with Crippen molar-refractivity contribution in [3.63, 3.8) is 0 Å². The number of para-hydroxylation sites is 1. The van der Waals surface area contributed by atoms with E-state index in [0.717, 1.165) is 0 Å². The van der Waals surface area contributed by atoms with Crippen molar-refractivity contribution in [3.8, 4) is 5.75 Å². The molecular weight excluding hydrogens is 295 g/mol. The summed E-state index contributed by atoms with van der Waals surface area (Å²) in [6, 6.07) is 11.3. The summed E-state index contributed by atoms with van der Waals surface area (Å²) in [5.41, 5.74) is 1.10. The molecule has 0 bridgehead atoms. The van der Waals surface area contributed by atoms with Gasteiger partial charge in [-0.1, -0.05) is 35.9 Å². The largest absolute Gasteiger partial charge is 0.491 e. The molecule has 112 valence electrons. The smallest absolute Gasteiger partial charge is 0.141 e. The molecular formula is C16H16ClFO3. The maximum atomic E-state index is 13.2. The molecule has 1 N–H and O–H groups in total. The molecule has 0 saturated carbocycles. The van der Waals surface area contributed by atoms with Crippen molar-refractivity contribution in [1.82, 2.24) is 0 Å². The predicted octanol–water partition coefficient (Wildman–Crippen LogP) is 3.59. The Balaban J connectivity index is 2.25. The summed E-state index contributed by atoms with van der Waals surface area (Å²) in [7, 11) is 1.59. The Labute approximate surface area is 127 Å². The van der Waals surface area contributed by atoms with Crippen molar-refractivity contribution >= 4 is 11.6 Å². The van der Waals surface area contributed by atoms with Crippen LogP contribution in [0.25, 0.3) is 0 Å². The van der Waals surface area contributed by atoms with Gasteiger partial charge in [-0.3, -0.25) is 0 Å². The summed E-state index contributed by atoms with van der Waals surface area (Å²) in [5, 5.41) is 10.4. The number of benzene rings is 2. The molecule has 0 aliphatic carbocycles. The Kier molecular flexibility index (Phi) is 5.56. The van der Waals surface area contributed by atoms with Gasteiger partial charge in [0.15, 0.2) is 0 Å². The summed E-state index contributed by atoms with van der Waals surface area (Å²) in [5.74, 6) is 0.0414. The Morgan fingerprint density at radius 1 is 1.19 bits per heavy atom. The van der Waals surface area contributed by atoms with Crippen LogP contribution in [-0.2, 0) is 4.74 Å². The first-order chi connectivity index (χ1) is 10.1. The Bertz CT molecular complexity index is 604. The lowest BCUT2D eigenvalue weighted by molar-refractivity contribution is 0.142. The zero-order valence-corrected chi connectivity index (χ0v) is 12.3. The number of hydrogen-bond acceptors (Lipinski definition) is 3. The van der Waals surface area contributed by atoms with Gasteiger partial charge >= 0.3 is 0 Å². The van der Waals surface area contributed by atoms with E-state index in [-0.39, 0.29) is 5.02 Å². The minimum absolute atomic E-state index is 0.0238. The van der Waals surface area contributed by atoms with E-state index in [1.165, 1.54) is 18.2 Å². The molecule has 0 aromatic heterocycles. The first-order valence-corrected chi connectivity index (χ1v) is 6.85. The van der Waals surface area contributed by atoms with E-state index in [9.17, 15) is 9.50 Å². The summed E-state index contributed by atoms with van der Waals surface area (Å²) in [6.07, 6.45) is -0.943. The molecule has 0 spiro atoms. The van der Waals surface area contributed by atoms with Crippen LogP contribution in [-0.4, -0.2) is 25.4 Å². The first kappa shape index (κ1) is 15.8. The van der Waals surface area contributed by atoms with E-state index < -0.39 is 11.9 Å². The maximum Gasteiger partial charge on any atom is 0.141 e. The van der Waals surface area contributed by atoms with Crippen LogP contribution in [0.5, 0.6) is 5.75 Å². The summed E-state index contributed by atoms with van der Waals surface area (Å²) in [4.78, 5) is 0. The summed E-state index contributed by atoms with van der Waals surface area (Å²) < 4.78 is 23.7. The van der Waals surface area contributed by atoms with Gasteiger partial charge in [0, 0.05) is 12.7 Å². The first-order valence-electron chi connectivity index (χ1n) is 6.47. The fourth-order valence-corrected chi connectivity index (χ4v) is 2.12. The molecule has 3 nitrogen and oxygen atoms in total. The van der Waals surface area contributed by atoms with E-state index in [4.69, 9.17) is 21.1 Å². The molecule has 0 fully saturated rings. The molecule has 0 radical (unpaired) electrons. The van der Waals surface area contributed by atoms with Gasteiger partial charge in [-0.2, -0.15) is 0 Å². The van der Waals surface area contributed by atoms with Crippen molar-refractivity contribution < 1.29 is 19.0 Å². The highest BCUT2D eigenvalue weighted by Crippen LogP contribution is 2.31. The van der Waals surface area contributed by atoms with Gasteiger partial charge in [0.2, 0.25) is 0 Å². The normalized spacial score (nSPS) is 12.2. The zero-order valence-electron chi connectivity index (χ0n) is 11.6. The van der Waals surface area contributed by atoms with Crippen LogP contribution in [0.2, 0.25) is 5.02 Å². The maximum absolute atomic E-state index is 13.2. The Hall–Kier alpha value is -1.62. The van der Waals surface area contributed by atoms with E-state index in [1.807, 2.05) is 6.07 Å². The van der Waals surface area contributed by atoms with Crippen LogP contribution in [0.4, 0.5) is 4.39 Å². The Morgan fingerprint density at radius 3 is 2.67 bits per heavy atom. The lowest BCUT2D eigenvalue weighted by Gasteiger charge is -2.16. The van der Waals surface area contributed by atoms with Crippen LogP contribution in [0.3, 0.4) is 0 Å². The monoisotopic (exact) mass is 310 g/mol. The molecule has 0 heterocycles. The van der Waals surface area contributed by atoms with Crippen LogP contribution in [0.1, 0.15) is 17.2 Å². The van der Waals surface area contributed by atoms with Gasteiger partial charge in [0.25, 0.3) is 0 Å². The van der Waals surface area contributed by atoms with E-state index >= 15 is 0 Å². The number of rotatable bonds is 6. The number of aliphatic hydroxyl groups is 1. The van der Waals surface area contributed by atoms with Crippen LogP contribution in [0.15, 0.2) is 42.5 Å². The molecule has 2 aromatic rings.